The summed E-state index contributed by atoms with van der Waals surface area (Å²) in [4.78, 5) is 29.3. The average Bonchev–Trinajstić information content (AvgIpc) is 2.72. The molecule has 1 atom stereocenters. The topological polar surface area (TPSA) is 113 Å². The molecule has 0 saturated carbocycles. The third-order valence-electron chi connectivity index (χ3n) is 4.52. The first-order chi connectivity index (χ1) is 15.3. The van der Waals surface area contributed by atoms with E-state index in [0.717, 1.165) is 0 Å². The van der Waals surface area contributed by atoms with Gasteiger partial charge < -0.3 is 23.8 Å². The molecule has 12 heteroatoms. The van der Waals surface area contributed by atoms with Crippen molar-refractivity contribution >= 4 is 53.8 Å². The highest BCUT2D eigenvalue weighted by Crippen LogP contribution is 2.50. The van der Waals surface area contributed by atoms with Crippen LogP contribution < -0.4 is 5.32 Å². The van der Waals surface area contributed by atoms with Crippen molar-refractivity contribution in [3.8, 4) is 0 Å². The molecule has 1 aromatic heterocycles. The molecule has 0 radical (unpaired) electrons. The number of hydrogen-bond donors (Lipinski definition) is 1. The van der Waals surface area contributed by atoms with Gasteiger partial charge in [-0.1, -0.05) is 23.2 Å². The van der Waals surface area contributed by atoms with Crippen molar-refractivity contribution in [2.75, 3.05) is 21.3 Å². The third-order valence-corrected chi connectivity index (χ3v) is 7.08. The third kappa shape index (κ3) is 7.55. The van der Waals surface area contributed by atoms with Crippen LogP contribution in [0.2, 0.25) is 10.0 Å². The molecule has 1 N–H and O–H groups in total. The van der Waals surface area contributed by atoms with Crippen molar-refractivity contribution in [1.29, 1.82) is 0 Å². The molecule has 2 rings (SSSR count). The molecule has 33 heavy (non-hydrogen) atoms. The molecule has 0 aliphatic heterocycles. The Morgan fingerprint density at radius 3 is 2.24 bits per heavy atom. The first-order valence-electron chi connectivity index (χ1n) is 9.86. The maximum absolute atomic E-state index is 12.8. The van der Waals surface area contributed by atoms with Gasteiger partial charge in [-0.2, -0.15) is 0 Å². The van der Waals surface area contributed by atoms with E-state index in [1.165, 1.54) is 21.3 Å². The van der Waals surface area contributed by atoms with Crippen molar-refractivity contribution in [1.82, 2.24) is 10.3 Å². The first-order valence-corrected chi connectivity index (χ1v) is 12.3. The first kappa shape index (κ1) is 27.3. The Morgan fingerprint density at radius 2 is 1.70 bits per heavy atom. The molecule has 0 spiro atoms. The van der Waals surface area contributed by atoms with Gasteiger partial charge in [-0.05, 0) is 44.5 Å². The van der Waals surface area contributed by atoms with Crippen LogP contribution in [0, 0.1) is 0 Å². The minimum absolute atomic E-state index is 0.0785. The largest absolute Gasteiger partial charge is 0.467 e. The van der Waals surface area contributed by atoms with E-state index in [2.05, 4.69) is 10.3 Å². The van der Waals surface area contributed by atoms with Gasteiger partial charge in [0.2, 0.25) is 0 Å². The molecule has 0 bridgehead atoms. The number of halogens is 2. The molecule has 9 nitrogen and oxygen atoms in total. The molecular weight excluding hydrogens is 494 g/mol. The SMILES string of the molecule is COC(=O)[C@@H](Cc1nc2cc(Cl)c(Cl)cc2cc1CP(=O)(OC)OC)NC(=O)OC(C)(C)C. The molecule has 0 aliphatic carbocycles. The fourth-order valence-electron chi connectivity index (χ4n) is 2.96. The number of alkyl carbamates (subject to hydrolysis) is 1. The Balaban J connectivity index is 2.53. The lowest BCUT2D eigenvalue weighted by Gasteiger charge is -2.23. The summed E-state index contributed by atoms with van der Waals surface area (Å²) in [6.45, 7) is 5.10. The highest BCUT2D eigenvalue weighted by molar-refractivity contribution is 7.52. The zero-order valence-corrected chi connectivity index (χ0v) is 21.6. The molecule has 1 heterocycles. The fourth-order valence-corrected chi connectivity index (χ4v) is 4.39. The molecule has 0 saturated heterocycles. The van der Waals surface area contributed by atoms with Gasteiger partial charge in [0, 0.05) is 31.7 Å². The Hall–Kier alpha value is -1.90. The molecule has 2 aromatic rings. The highest BCUT2D eigenvalue weighted by atomic mass is 35.5. The number of nitrogens with one attached hydrogen (secondary N) is 1. The Morgan fingerprint density at radius 1 is 1.09 bits per heavy atom. The maximum atomic E-state index is 12.8. The van der Waals surface area contributed by atoms with Crippen LogP contribution in [0.25, 0.3) is 10.9 Å². The van der Waals surface area contributed by atoms with Crippen LogP contribution in [0.4, 0.5) is 4.79 Å². The number of fused-ring (bicyclic) bond motifs is 1. The number of hydrogen-bond acceptors (Lipinski definition) is 8. The number of methoxy groups -OCH3 is 1. The smallest absolute Gasteiger partial charge is 0.408 e. The van der Waals surface area contributed by atoms with E-state index >= 15 is 0 Å². The number of benzene rings is 1. The Bertz CT molecular complexity index is 1080. The fraction of sp³-hybridized carbons (Fsp3) is 0.476. The lowest BCUT2D eigenvalue weighted by molar-refractivity contribution is -0.143. The zero-order valence-electron chi connectivity index (χ0n) is 19.2. The summed E-state index contributed by atoms with van der Waals surface area (Å²) in [6.07, 6.45) is -1.00. The van der Waals surface area contributed by atoms with Gasteiger partial charge in [-0.3, -0.25) is 9.55 Å². The number of carbonyl (C=O) groups is 2. The van der Waals surface area contributed by atoms with Crippen LogP contribution in [0.15, 0.2) is 18.2 Å². The summed E-state index contributed by atoms with van der Waals surface area (Å²) < 4.78 is 33.1. The van der Waals surface area contributed by atoms with Crippen molar-refractivity contribution < 1.29 is 32.7 Å². The van der Waals surface area contributed by atoms with E-state index in [0.29, 0.717) is 32.2 Å². The minimum Gasteiger partial charge on any atom is -0.467 e. The van der Waals surface area contributed by atoms with E-state index in [1.54, 1.807) is 39.0 Å². The summed E-state index contributed by atoms with van der Waals surface area (Å²) in [5, 5.41) is 3.76. The molecule has 1 aromatic carbocycles. The number of aromatic nitrogens is 1. The number of carbonyl (C=O) groups excluding carboxylic acids is 2. The number of amides is 1. The molecule has 1 amide bonds. The molecule has 182 valence electrons. The van der Waals surface area contributed by atoms with E-state index in [-0.39, 0.29) is 12.6 Å². The number of ether oxygens (including phenoxy) is 2. The van der Waals surface area contributed by atoms with Crippen molar-refractivity contribution in [3.63, 3.8) is 0 Å². The van der Waals surface area contributed by atoms with Crippen LogP contribution in [-0.2, 0) is 40.5 Å². The normalized spacial score (nSPS) is 13.0. The lowest BCUT2D eigenvalue weighted by atomic mass is 10.0. The van der Waals surface area contributed by atoms with Gasteiger partial charge in [0.15, 0.2) is 0 Å². The van der Waals surface area contributed by atoms with Crippen LogP contribution in [0.5, 0.6) is 0 Å². The summed E-state index contributed by atoms with van der Waals surface area (Å²) in [6, 6.07) is 3.79. The van der Waals surface area contributed by atoms with E-state index in [1.807, 2.05) is 0 Å². The number of nitrogens with zero attached hydrogens (tertiary/aromatic N) is 1. The van der Waals surface area contributed by atoms with Gasteiger partial charge in [-0.15, -0.1) is 0 Å². The minimum atomic E-state index is -3.49. The van der Waals surface area contributed by atoms with Gasteiger partial charge in [0.25, 0.3) is 0 Å². The van der Waals surface area contributed by atoms with Crippen molar-refractivity contribution in [3.05, 3.63) is 39.5 Å². The van der Waals surface area contributed by atoms with Gasteiger partial charge in [0.1, 0.15) is 11.6 Å². The van der Waals surface area contributed by atoms with Crippen LogP contribution >= 0.6 is 30.8 Å². The monoisotopic (exact) mass is 520 g/mol. The summed E-state index contributed by atoms with van der Waals surface area (Å²) in [7, 11) is 0.263. The summed E-state index contributed by atoms with van der Waals surface area (Å²) in [5.41, 5.74) is 0.569. The second kappa shape index (κ2) is 11.0. The predicted molar refractivity (Wildman–Crippen MR) is 126 cm³/mol. The van der Waals surface area contributed by atoms with Crippen LogP contribution in [0.3, 0.4) is 0 Å². The second-order valence-corrected chi connectivity index (χ2v) is 11.2. The molecule has 0 aliphatic rings. The van der Waals surface area contributed by atoms with E-state index in [4.69, 9.17) is 41.7 Å². The summed E-state index contributed by atoms with van der Waals surface area (Å²) in [5.74, 6) is -0.704. The van der Waals surface area contributed by atoms with Crippen molar-refractivity contribution in [2.24, 2.45) is 0 Å². The van der Waals surface area contributed by atoms with Crippen LogP contribution in [0.1, 0.15) is 32.0 Å². The predicted octanol–water partition coefficient (Wildman–Crippen LogP) is 5.14. The zero-order chi connectivity index (χ0) is 25.0. The Labute approximate surface area is 202 Å². The maximum Gasteiger partial charge on any atom is 0.408 e. The van der Waals surface area contributed by atoms with E-state index < -0.39 is 31.3 Å². The van der Waals surface area contributed by atoms with E-state index in [9.17, 15) is 14.2 Å². The lowest BCUT2D eigenvalue weighted by Crippen LogP contribution is -2.45. The van der Waals surface area contributed by atoms with Gasteiger partial charge >= 0.3 is 19.7 Å². The number of esters is 1. The highest BCUT2D eigenvalue weighted by Gasteiger charge is 2.29. The Kier molecular flexibility index (Phi) is 9.13. The van der Waals surface area contributed by atoms with Gasteiger partial charge in [0.05, 0.1) is 28.8 Å². The average molecular weight is 521 g/mol. The second-order valence-electron chi connectivity index (χ2n) is 8.11. The number of pyridine rings is 1. The molecule has 0 unspecified atom stereocenters. The standard InChI is InChI=1S/C21H27Cl2N2O7P/c1-21(2,3)32-20(27)25-18(19(26)29-4)10-17-13(11-33(28,30-5)31-6)7-12-8-14(22)15(23)9-16(12)24-17/h7-9,18H,10-11H2,1-6H3,(H,25,27)/t18-/m1/s1. The number of rotatable bonds is 8. The molecule has 0 fully saturated rings. The summed E-state index contributed by atoms with van der Waals surface area (Å²) >= 11 is 12.3. The van der Waals surface area contributed by atoms with Gasteiger partial charge in [-0.25, -0.2) is 9.59 Å². The van der Waals surface area contributed by atoms with Crippen molar-refractivity contribution in [2.45, 2.75) is 45.0 Å². The quantitative estimate of drug-likeness (QED) is 0.376. The molecular formula is C21H27Cl2N2O7P. The van der Waals surface area contributed by atoms with Crippen LogP contribution in [-0.4, -0.2) is 50.0 Å².